The molecule has 2 unspecified atom stereocenters. The first-order valence-corrected chi connectivity index (χ1v) is 22.6. The number of hydrogen-bond donors (Lipinski definition) is 1. The molecule has 0 heterocycles. The molecule has 2 atom stereocenters. The Morgan fingerprint density at radius 2 is 1.15 bits per heavy atom. The van der Waals surface area contributed by atoms with Gasteiger partial charge in [0.2, 0.25) is 0 Å². The lowest BCUT2D eigenvalue weighted by molar-refractivity contribution is 0.818. The van der Waals surface area contributed by atoms with Gasteiger partial charge in [0.1, 0.15) is 0 Å². The maximum Gasteiger partial charge on any atom is 0.0467 e. The Morgan fingerprint density at radius 3 is 1.75 bits per heavy atom. The van der Waals surface area contributed by atoms with Gasteiger partial charge in [-0.15, -0.1) is 0 Å². The fourth-order valence-electron chi connectivity index (χ4n) is 9.07. The average Bonchev–Trinajstić information content (AvgIpc) is 3.85. The molecule has 0 saturated carbocycles. The van der Waals surface area contributed by atoms with Crippen LogP contribution in [0.3, 0.4) is 0 Å². The minimum atomic E-state index is 0.000693. The Labute approximate surface area is 368 Å². The molecule has 2 N–H and O–H groups in total. The van der Waals surface area contributed by atoms with E-state index >= 15 is 0 Å². The quantitative estimate of drug-likeness (QED) is 0.149. The highest BCUT2D eigenvalue weighted by Crippen LogP contribution is 2.59. The molecule has 314 valence electrons. The predicted octanol–water partition coefficient (Wildman–Crippen LogP) is 16.9. The number of aryl methyl sites for hydroxylation is 3. The SMILES string of the molecule is CC.CC1=C(c2ccccc2C)C1(C)c1ccccc1.CCC1=C(c2cc(N(c3ccc(C(C)N)cc3)c3ccc(C)c(-c4ccccc4C(C)C)c3)ccc2C)CCC=C1. The molecule has 2 aliphatic rings. The van der Waals surface area contributed by atoms with Crippen molar-refractivity contribution < 1.29 is 0 Å². The van der Waals surface area contributed by atoms with Crippen LogP contribution >= 0.6 is 0 Å². The van der Waals surface area contributed by atoms with Crippen LogP contribution in [0.1, 0.15) is 131 Å². The molecule has 2 heteroatoms. The number of anilines is 3. The largest absolute Gasteiger partial charge is 0.324 e. The van der Waals surface area contributed by atoms with E-state index in [1.165, 1.54) is 78.1 Å². The van der Waals surface area contributed by atoms with E-state index < -0.39 is 0 Å². The van der Waals surface area contributed by atoms with E-state index in [0.717, 1.165) is 36.2 Å². The van der Waals surface area contributed by atoms with Gasteiger partial charge in [0, 0.05) is 28.5 Å². The molecule has 6 aromatic carbocycles. The summed E-state index contributed by atoms with van der Waals surface area (Å²) in [5.74, 6) is 0.446. The fraction of sp³-hybridized carbons (Fsp3) is 0.288. The summed E-state index contributed by atoms with van der Waals surface area (Å²) in [5, 5.41) is 0. The highest BCUT2D eigenvalue weighted by atomic mass is 15.1. The number of hydrogen-bond acceptors (Lipinski definition) is 2. The summed E-state index contributed by atoms with van der Waals surface area (Å²) in [7, 11) is 0. The predicted molar refractivity (Wildman–Crippen MR) is 267 cm³/mol. The highest BCUT2D eigenvalue weighted by molar-refractivity contribution is 5.96. The van der Waals surface area contributed by atoms with Crippen molar-refractivity contribution in [3.8, 4) is 11.1 Å². The third-order valence-corrected chi connectivity index (χ3v) is 12.8. The standard InChI is InChI=1S/C39H44N2.C18H18.C2H6/c1-7-30-12-8-9-14-36(30)38-24-33(20-16-27(38)4)41(32-22-18-31(19-23-32)29(6)40)34-21-17-28(5)39(25-34)37-15-11-10-13-35(37)26(2)3;1-13-9-7-8-12-16(13)17-14(2)18(17,3)15-10-5-4-6-11-15;1-2/h8,10-13,15-26,29H,7,9,14,40H2,1-6H3;4-12H,1-3H3;1-2H3. The van der Waals surface area contributed by atoms with Crippen LogP contribution in [0.25, 0.3) is 22.3 Å². The monoisotopic (exact) mass is 805 g/mol. The molecule has 2 nitrogen and oxygen atoms in total. The van der Waals surface area contributed by atoms with Crippen LogP contribution in [-0.2, 0) is 5.41 Å². The molecule has 0 radical (unpaired) electrons. The zero-order valence-electron chi connectivity index (χ0n) is 38.7. The molecule has 0 fully saturated rings. The van der Waals surface area contributed by atoms with Crippen LogP contribution in [0, 0.1) is 20.8 Å². The van der Waals surface area contributed by atoms with Crippen LogP contribution in [0.4, 0.5) is 17.1 Å². The highest BCUT2D eigenvalue weighted by Gasteiger charge is 2.48. The van der Waals surface area contributed by atoms with Gasteiger partial charge in [0.25, 0.3) is 0 Å². The minimum absolute atomic E-state index is 0.000693. The van der Waals surface area contributed by atoms with Crippen molar-refractivity contribution in [3.05, 3.63) is 207 Å². The summed E-state index contributed by atoms with van der Waals surface area (Å²) in [5.41, 5.74) is 29.0. The molecule has 0 amide bonds. The zero-order valence-corrected chi connectivity index (χ0v) is 38.7. The molecule has 0 bridgehead atoms. The molecule has 6 aromatic rings. The van der Waals surface area contributed by atoms with Crippen LogP contribution < -0.4 is 10.6 Å². The van der Waals surface area contributed by atoms with Gasteiger partial charge in [0.15, 0.2) is 0 Å². The van der Waals surface area contributed by atoms with Crippen LogP contribution in [0.15, 0.2) is 163 Å². The van der Waals surface area contributed by atoms with E-state index in [2.05, 4.69) is 212 Å². The average molecular weight is 805 g/mol. The maximum absolute atomic E-state index is 6.22. The Kier molecular flexibility index (Phi) is 14.5. The van der Waals surface area contributed by atoms with Crippen molar-refractivity contribution in [1.29, 1.82) is 0 Å². The van der Waals surface area contributed by atoms with Crippen LogP contribution in [0.2, 0.25) is 0 Å². The van der Waals surface area contributed by atoms with E-state index in [1.807, 2.05) is 20.8 Å². The van der Waals surface area contributed by atoms with Gasteiger partial charge in [-0.2, -0.15) is 0 Å². The molecular weight excluding hydrogens is 737 g/mol. The molecule has 0 aromatic heterocycles. The van der Waals surface area contributed by atoms with Crippen LogP contribution in [0.5, 0.6) is 0 Å². The van der Waals surface area contributed by atoms with Crippen molar-refractivity contribution in [2.24, 2.45) is 5.73 Å². The number of allylic oxidation sites excluding steroid dienone is 6. The second-order valence-electron chi connectivity index (χ2n) is 17.1. The molecule has 61 heavy (non-hydrogen) atoms. The van der Waals surface area contributed by atoms with E-state index in [1.54, 1.807) is 0 Å². The lowest BCUT2D eigenvalue weighted by atomic mass is 9.87. The van der Waals surface area contributed by atoms with Gasteiger partial charge < -0.3 is 10.6 Å². The lowest BCUT2D eigenvalue weighted by Crippen LogP contribution is -2.12. The normalized spacial score (nSPS) is 16.1. The van der Waals surface area contributed by atoms with Crippen molar-refractivity contribution >= 4 is 28.2 Å². The Hall–Kier alpha value is -5.70. The number of nitrogens with zero attached hydrogens (tertiary/aromatic N) is 1. The van der Waals surface area contributed by atoms with E-state index in [0.29, 0.717) is 5.92 Å². The van der Waals surface area contributed by atoms with Gasteiger partial charge >= 0.3 is 0 Å². The van der Waals surface area contributed by atoms with Gasteiger partial charge in [0.05, 0.1) is 0 Å². The summed E-state index contributed by atoms with van der Waals surface area (Å²) in [6.45, 7) is 24.1. The third kappa shape index (κ3) is 9.46. The Bertz CT molecular complexity index is 2530. The summed E-state index contributed by atoms with van der Waals surface area (Å²) in [6.07, 6.45) is 7.88. The summed E-state index contributed by atoms with van der Waals surface area (Å²) >= 11 is 0. The van der Waals surface area contributed by atoms with E-state index in [-0.39, 0.29) is 11.5 Å². The number of nitrogens with two attached hydrogens (primary N) is 1. The fourth-order valence-corrected chi connectivity index (χ4v) is 9.07. The van der Waals surface area contributed by atoms with Gasteiger partial charge in [-0.25, -0.2) is 0 Å². The van der Waals surface area contributed by atoms with Gasteiger partial charge in [-0.3, -0.25) is 0 Å². The van der Waals surface area contributed by atoms with Gasteiger partial charge in [-0.1, -0.05) is 155 Å². The summed E-state index contributed by atoms with van der Waals surface area (Å²) in [6, 6.07) is 50.9. The zero-order chi connectivity index (χ0) is 43.8. The first-order valence-electron chi connectivity index (χ1n) is 22.6. The van der Waals surface area contributed by atoms with Crippen molar-refractivity contribution in [2.75, 3.05) is 4.90 Å². The molecule has 2 aliphatic carbocycles. The smallest absolute Gasteiger partial charge is 0.0467 e. The molecule has 0 spiro atoms. The second kappa shape index (κ2) is 19.8. The molecule has 0 saturated heterocycles. The lowest BCUT2D eigenvalue weighted by Gasteiger charge is -2.28. The molecule has 8 rings (SSSR count). The number of rotatable bonds is 10. The number of benzene rings is 6. The molecular formula is C59H68N2. The topological polar surface area (TPSA) is 29.3 Å². The van der Waals surface area contributed by atoms with Crippen molar-refractivity contribution in [3.63, 3.8) is 0 Å². The second-order valence-corrected chi connectivity index (χ2v) is 17.1. The maximum atomic E-state index is 6.22. The molecule has 0 aliphatic heterocycles. The van der Waals surface area contributed by atoms with Crippen molar-refractivity contribution in [2.45, 2.75) is 113 Å². The van der Waals surface area contributed by atoms with Crippen molar-refractivity contribution in [1.82, 2.24) is 0 Å². The van der Waals surface area contributed by atoms with Gasteiger partial charge in [-0.05, 0) is 175 Å². The minimum Gasteiger partial charge on any atom is -0.324 e. The first-order chi connectivity index (χ1) is 29.4. The van der Waals surface area contributed by atoms with E-state index in [4.69, 9.17) is 5.73 Å². The first kappa shape index (κ1) is 44.8. The summed E-state index contributed by atoms with van der Waals surface area (Å²) in [4.78, 5) is 2.40. The summed E-state index contributed by atoms with van der Waals surface area (Å²) < 4.78 is 0. The Morgan fingerprint density at radius 1 is 0.607 bits per heavy atom. The Balaban J connectivity index is 0.000000258. The third-order valence-electron chi connectivity index (χ3n) is 12.8. The van der Waals surface area contributed by atoms with Crippen LogP contribution in [-0.4, -0.2) is 0 Å². The van der Waals surface area contributed by atoms with E-state index in [9.17, 15) is 0 Å².